The van der Waals surface area contributed by atoms with Crippen molar-refractivity contribution in [2.45, 2.75) is 0 Å². The average molecular weight is 259 g/mol. The van der Waals surface area contributed by atoms with E-state index in [2.05, 4.69) is 25.9 Å². The van der Waals surface area contributed by atoms with Crippen LogP contribution < -0.4 is 5.56 Å². The van der Waals surface area contributed by atoms with E-state index in [0.29, 0.717) is 15.9 Å². The van der Waals surface area contributed by atoms with Gasteiger partial charge in [-0.05, 0) is 28.1 Å². The summed E-state index contributed by atoms with van der Waals surface area (Å²) in [6.45, 7) is 0. The Bertz CT molecular complexity index is 523. The number of hydrogen-bond acceptors (Lipinski definition) is 2. The van der Waals surface area contributed by atoms with Crippen molar-refractivity contribution in [1.29, 1.82) is 0 Å². The van der Waals surface area contributed by atoms with Gasteiger partial charge in [0, 0.05) is 4.47 Å². The molecule has 0 atom stereocenters. The van der Waals surface area contributed by atoms with Crippen LogP contribution in [0, 0.1) is 0 Å². The fourth-order valence-corrected chi connectivity index (χ4v) is 1.62. The Labute approximate surface area is 86.9 Å². The number of benzene rings is 1. The number of rotatable bonds is 0. The molecular weight excluding hydrogens is 255 g/mol. The van der Waals surface area contributed by atoms with E-state index < -0.39 is 0 Å². The molecule has 0 aliphatic rings. The molecule has 0 aliphatic carbocycles. The molecule has 0 saturated carbocycles. The molecular formula is C8H4BrClN2O. The van der Waals surface area contributed by atoms with Gasteiger partial charge in [-0.1, -0.05) is 11.6 Å². The third-order valence-corrected chi connectivity index (χ3v) is 2.97. The van der Waals surface area contributed by atoms with Crippen LogP contribution in [0.2, 0.25) is 5.02 Å². The maximum absolute atomic E-state index is 11.3. The molecule has 0 saturated heterocycles. The number of hydrogen-bond donors (Lipinski definition) is 1. The topological polar surface area (TPSA) is 45.8 Å². The number of nitrogens with one attached hydrogen (secondary N) is 1. The van der Waals surface area contributed by atoms with E-state index in [1.54, 1.807) is 12.1 Å². The second-order valence-electron chi connectivity index (χ2n) is 2.49. The van der Waals surface area contributed by atoms with Gasteiger partial charge in [0.2, 0.25) is 0 Å². The number of aromatic amines is 1. The van der Waals surface area contributed by atoms with Crippen LogP contribution >= 0.6 is 27.5 Å². The largest absolute Gasteiger partial charge is 0.313 e. The molecule has 2 aromatic rings. The van der Waals surface area contributed by atoms with Gasteiger partial charge in [0.05, 0.1) is 22.3 Å². The van der Waals surface area contributed by atoms with Crippen LogP contribution in [0.5, 0.6) is 0 Å². The van der Waals surface area contributed by atoms with Crippen molar-refractivity contribution in [2.75, 3.05) is 0 Å². The summed E-state index contributed by atoms with van der Waals surface area (Å²) in [6, 6.07) is 3.40. The van der Waals surface area contributed by atoms with Crippen molar-refractivity contribution in [2.24, 2.45) is 0 Å². The Morgan fingerprint density at radius 2 is 2.23 bits per heavy atom. The molecule has 0 unspecified atom stereocenters. The first-order chi connectivity index (χ1) is 6.20. The number of halogens is 2. The van der Waals surface area contributed by atoms with E-state index in [1.165, 1.54) is 6.33 Å². The van der Waals surface area contributed by atoms with Gasteiger partial charge in [0.25, 0.3) is 5.56 Å². The Balaban J connectivity index is 3.03. The highest BCUT2D eigenvalue weighted by Crippen LogP contribution is 2.27. The predicted octanol–water partition coefficient (Wildman–Crippen LogP) is 2.34. The van der Waals surface area contributed by atoms with Crippen LogP contribution in [0.3, 0.4) is 0 Å². The smallest absolute Gasteiger partial charge is 0.258 e. The SMILES string of the molecule is O=c1[nH]cnc2c(Cl)c(Br)ccc12. The average Bonchev–Trinajstić information content (AvgIpc) is 2.12. The minimum atomic E-state index is -0.181. The highest BCUT2D eigenvalue weighted by Gasteiger charge is 2.06. The van der Waals surface area contributed by atoms with Gasteiger partial charge in [0.15, 0.2) is 0 Å². The van der Waals surface area contributed by atoms with Crippen LogP contribution in [-0.2, 0) is 0 Å². The van der Waals surface area contributed by atoms with Crippen LogP contribution in [0.15, 0.2) is 27.7 Å². The molecule has 0 aliphatic heterocycles. The molecule has 0 spiro atoms. The summed E-state index contributed by atoms with van der Waals surface area (Å²) in [5.41, 5.74) is 0.333. The molecule has 2 rings (SSSR count). The molecule has 1 aromatic heterocycles. The molecule has 1 aromatic carbocycles. The number of aromatic nitrogens is 2. The van der Waals surface area contributed by atoms with Gasteiger partial charge in [-0.25, -0.2) is 4.98 Å². The van der Waals surface area contributed by atoms with Crippen LogP contribution in [-0.4, -0.2) is 9.97 Å². The van der Waals surface area contributed by atoms with Crippen molar-refractivity contribution in [3.63, 3.8) is 0 Å². The molecule has 1 heterocycles. The molecule has 0 amide bonds. The Morgan fingerprint density at radius 1 is 1.46 bits per heavy atom. The van der Waals surface area contributed by atoms with Gasteiger partial charge in [-0.15, -0.1) is 0 Å². The first kappa shape index (κ1) is 8.72. The second-order valence-corrected chi connectivity index (χ2v) is 3.72. The van der Waals surface area contributed by atoms with Crippen LogP contribution in [0.25, 0.3) is 10.9 Å². The Kier molecular flexibility index (Phi) is 2.09. The molecule has 13 heavy (non-hydrogen) atoms. The molecule has 0 fully saturated rings. The third-order valence-electron chi connectivity index (χ3n) is 1.70. The molecule has 0 bridgehead atoms. The summed E-state index contributed by atoms with van der Waals surface area (Å²) in [4.78, 5) is 17.7. The first-order valence-electron chi connectivity index (χ1n) is 3.51. The van der Waals surface area contributed by atoms with Gasteiger partial charge in [-0.2, -0.15) is 0 Å². The van der Waals surface area contributed by atoms with Crippen molar-refractivity contribution < 1.29 is 0 Å². The van der Waals surface area contributed by atoms with Crippen LogP contribution in [0.1, 0.15) is 0 Å². The van der Waals surface area contributed by atoms with Crippen molar-refractivity contribution >= 4 is 38.4 Å². The zero-order valence-corrected chi connectivity index (χ0v) is 8.69. The summed E-state index contributed by atoms with van der Waals surface area (Å²) < 4.78 is 0.736. The van der Waals surface area contributed by atoms with Gasteiger partial charge < -0.3 is 4.98 Å². The maximum Gasteiger partial charge on any atom is 0.258 e. The predicted molar refractivity (Wildman–Crippen MR) is 55.1 cm³/mol. The molecule has 3 nitrogen and oxygen atoms in total. The lowest BCUT2D eigenvalue weighted by Crippen LogP contribution is -2.06. The van der Waals surface area contributed by atoms with Crippen molar-refractivity contribution in [3.05, 3.63) is 38.3 Å². The maximum atomic E-state index is 11.3. The monoisotopic (exact) mass is 258 g/mol. The third kappa shape index (κ3) is 1.36. The summed E-state index contributed by atoms with van der Waals surface area (Å²) in [6.07, 6.45) is 1.34. The van der Waals surface area contributed by atoms with E-state index in [4.69, 9.17) is 11.6 Å². The quantitative estimate of drug-likeness (QED) is 0.789. The zero-order valence-electron chi connectivity index (χ0n) is 6.34. The Morgan fingerprint density at radius 3 is 3.00 bits per heavy atom. The highest BCUT2D eigenvalue weighted by atomic mass is 79.9. The first-order valence-corrected chi connectivity index (χ1v) is 4.68. The number of fused-ring (bicyclic) bond motifs is 1. The van der Waals surface area contributed by atoms with E-state index in [9.17, 15) is 4.79 Å². The lowest BCUT2D eigenvalue weighted by atomic mass is 10.2. The summed E-state index contributed by atoms with van der Waals surface area (Å²) in [5.74, 6) is 0. The lowest BCUT2D eigenvalue weighted by molar-refractivity contribution is 1.17. The summed E-state index contributed by atoms with van der Waals surface area (Å²) in [5, 5.41) is 0.958. The van der Waals surface area contributed by atoms with E-state index in [1.807, 2.05) is 0 Å². The second kappa shape index (κ2) is 3.12. The minimum Gasteiger partial charge on any atom is -0.313 e. The fraction of sp³-hybridized carbons (Fsp3) is 0. The molecule has 66 valence electrons. The Hall–Kier alpha value is -0.870. The van der Waals surface area contributed by atoms with Crippen LogP contribution in [0.4, 0.5) is 0 Å². The van der Waals surface area contributed by atoms with E-state index >= 15 is 0 Å². The zero-order chi connectivity index (χ0) is 9.42. The minimum absolute atomic E-state index is 0.181. The van der Waals surface area contributed by atoms with E-state index in [0.717, 1.165) is 4.47 Å². The summed E-state index contributed by atoms with van der Waals surface area (Å²) >= 11 is 9.19. The van der Waals surface area contributed by atoms with Gasteiger partial charge in [-0.3, -0.25) is 4.79 Å². The lowest BCUT2D eigenvalue weighted by Gasteiger charge is -1.99. The summed E-state index contributed by atoms with van der Waals surface area (Å²) in [7, 11) is 0. The number of H-pyrrole nitrogens is 1. The molecule has 5 heteroatoms. The fourth-order valence-electron chi connectivity index (χ4n) is 1.08. The number of nitrogens with zero attached hydrogens (tertiary/aromatic N) is 1. The standard InChI is InChI=1S/C8H4BrClN2O/c9-5-2-1-4-7(6(5)10)11-3-12-8(4)13/h1-3H,(H,11,12,13). The highest BCUT2D eigenvalue weighted by molar-refractivity contribution is 9.10. The molecule has 0 radical (unpaired) electrons. The molecule has 1 N–H and O–H groups in total. The van der Waals surface area contributed by atoms with Gasteiger partial charge >= 0.3 is 0 Å². The van der Waals surface area contributed by atoms with E-state index in [-0.39, 0.29) is 5.56 Å². The van der Waals surface area contributed by atoms with Gasteiger partial charge in [0.1, 0.15) is 0 Å². The van der Waals surface area contributed by atoms with Crippen molar-refractivity contribution in [1.82, 2.24) is 9.97 Å². The van der Waals surface area contributed by atoms with Crippen molar-refractivity contribution in [3.8, 4) is 0 Å². The normalized spacial score (nSPS) is 10.6.